The van der Waals surface area contributed by atoms with Crippen molar-refractivity contribution in [2.45, 2.75) is 31.3 Å². The van der Waals surface area contributed by atoms with Crippen LogP contribution in [-0.2, 0) is 29.3 Å². The Bertz CT molecular complexity index is 943. The molecule has 1 spiro atoms. The van der Waals surface area contributed by atoms with E-state index in [1.54, 1.807) is 38.1 Å². The third-order valence-electron chi connectivity index (χ3n) is 5.70. The number of nitrogens with one attached hydrogen (secondary N) is 1. The van der Waals surface area contributed by atoms with Gasteiger partial charge in [0.25, 0.3) is 0 Å². The van der Waals surface area contributed by atoms with Crippen LogP contribution in [0.4, 0.5) is 10.1 Å². The van der Waals surface area contributed by atoms with Crippen LogP contribution in [0, 0.1) is 5.92 Å². The number of halogens is 1. The quantitative estimate of drug-likeness (QED) is 0.779. The highest BCUT2D eigenvalue weighted by Gasteiger charge is 2.72. The molecule has 4 atom stereocenters. The van der Waals surface area contributed by atoms with Crippen molar-refractivity contribution in [3.63, 3.8) is 0 Å². The topological polar surface area (TPSA) is 84.9 Å². The molecule has 3 aliphatic rings. The van der Waals surface area contributed by atoms with Gasteiger partial charge in [-0.2, -0.15) is 0 Å². The van der Waals surface area contributed by atoms with Crippen molar-refractivity contribution < 1.29 is 28.2 Å². The normalized spacial score (nSPS) is 29.2. The first-order valence-electron chi connectivity index (χ1n) is 9.54. The van der Waals surface area contributed by atoms with E-state index in [0.29, 0.717) is 11.3 Å². The number of nitrogens with zero attached hydrogens (tertiary/aromatic N) is 1. The maximum Gasteiger partial charge on any atom is 0.329 e. The number of amides is 1. The summed E-state index contributed by atoms with van der Waals surface area (Å²) < 4.78 is 25.7. The number of carbonyl (C=O) groups excluding carboxylic acids is 3. The van der Waals surface area contributed by atoms with E-state index in [9.17, 15) is 14.4 Å². The van der Waals surface area contributed by atoms with Crippen molar-refractivity contribution in [1.29, 1.82) is 0 Å². The molecule has 3 heterocycles. The number of carbonyl (C=O) groups is 3. The number of para-hydroxylation sites is 1. The smallest absolute Gasteiger partial charge is 0.329 e. The lowest BCUT2D eigenvalue weighted by Gasteiger charge is -2.34. The minimum absolute atomic E-state index is 0.0586. The number of benzene rings is 1. The van der Waals surface area contributed by atoms with Crippen molar-refractivity contribution in [3.8, 4) is 0 Å². The van der Waals surface area contributed by atoms with Crippen molar-refractivity contribution >= 4 is 23.5 Å². The van der Waals surface area contributed by atoms with Gasteiger partial charge in [-0.05, 0) is 37.6 Å². The maximum absolute atomic E-state index is 15.2. The highest BCUT2D eigenvalue weighted by molar-refractivity contribution is 6.11. The minimum Gasteiger partial charge on any atom is -0.466 e. The molecule has 0 aliphatic carbocycles. The number of fused-ring (bicyclic) bond motifs is 4. The van der Waals surface area contributed by atoms with Crippen LogP contribution < -0.4 is 5.32 Å². The predicted molar refractivity (Wildman–Crippen MR) is 101 cm³/mol. The van der Waals surface area contributed by atoms with E-state index in [2.05, 4.69) is 5.32 Å². The third kappa shape index (κ3) is 2.51. The number of esters is 2. The van der Waals surface area contributed by atoms with Gasteiger partial charge in [0.1, 0.15) is 29.2 Å². The molecule has 0 bridgehead atoms. The molecular formula is C21H21FN2O5. The van der Waals surface area contributed by atoms with Gasteiger partial charge in [0.2, 0.25) is 5.91 Å². The van der Waals surface area contributed by atoms with Gasteiger partial charge in [-0.1, -0.05) is 18.2 Å². The first-order valence-corrected chi connectivity index (χ1v) is 9.54. The van der Waals surface area contributed by atoms with Crippen molar-refractivity contribution in [2.24, 2.45) is 5.92 Å². The number of hydrogen-bond acceptors (Lipinski definition) is 6. The molecule has 1 aromatic carbocycles. The Morgan fingerprint density at radius 1 is 1.17 bits per heavy atom. The molecule has 1 saturated heterocycles. The van der Waals surface area contributed by atoms with Crippen molar-refractivity contribution in [2.75, 3.05) is 18.5 Å². The summed E-state index contributed by atoms with van der Waals surface area (Å²) in [7, 11) is 0. The van der Waals surface area contributed by atoms with Crippen LogP contribution in [0.25, 0.3) is 0 Å². The number of anilines is 1. The molecule has 0 aromatic heterocycles. The van der Waals surface area contributed by atoms with Crippen LogP contribution in [0.2, 0.25) is 0 Å². The van der Waals surface area contributed by atoms with Crippen molar-refractivity contribution in [3.05, 3.63) is 54.0 Å². The SMILES string of the molecule is CCOC(=O)[C@H]1[C@H](C(=O)OCC)[C@@]2(C(=O)Nc3ccccc32)[C@@H]2C(F)=CC=CN21. The van der Waals surface area contributed by atoms with E-state index < -0.39 is 47.1 Å². The number of hydrogen-bond donors (Lipinski definition) is 1. The van der Waals surface area contributed by atoms with Crippen LogP contribution in [0.3, 0.4) is 0 Å². The van der Waals surface area contributed by atoms with Crippen LogP contribution in [0.5, 0.6) is 0 Å². The average Bonchev–Trinajstić information content (AvgIpc) is 3.17. The first kappa shape index (κ1) is 19.2. The molecule has 1 N–H and O–H groups in total. The average molecular weight is 400 g/mol. The Morgan fingerprint density at radius 2 is 1.86 bits per heavy atom. The summed E-state index contributed by atoms with van der Waals surface area (Å²) >= 11 is 0. The second-order valence-electron chi connectivity index (χ2n) is 7.04. The molecule has 1 amide bonds. The van der Waals surface area contributed by atoms with Gasteiger partial charge in [0.15, 0.2) is 0 Å². The lowest BCUT2D eigenvalue weighted by Crippen LogP contribution is -2.52. The van der Waals surface area contributed by atoms with E-state index in [-0.39, 0.29) is 13.2 Å². The lowest BCUT2D eigenvalue weighted by molar-refractivity contribution is -0.160. The molecule has 7 nitrogen and oxygen atoms in total. The Balaban J connectivity index is 2.00. The molecular weight excluding hydrogens is 379 g/mol. The number of allylic oxidation sites excluding steroid dienone is 2. The summed E-state index contributed by atoms with van der Waals surface area (Å²) in [5.74, 6) is -3.88. The number of rotatable bonds is 4. The Kier molecular flexibility index (Phi) is 4.64. The fourth-order valence-corrected chi connectivity index (χ4v) is 4.76. The van der Waals surface area contributed by atoms with E-state index in [1.807, 2.05) is 0 Å². The minimum atomic E-state index is -1.66. The Labute approximate surface area is 167 Å². The molecule has 1 fully saturated rings. The highest BCUT2D eigenvalue weighted by Crippen LogP contribution is 2.57. The zero-order valence-corrected chi connectivity index (χ0v) is 16.1. The van der Waals surface area contributed by atoms with Crippen LogP contribution >= 0.6 is 0 Å². The summed E-state index contributed by atoms with van der Waals surface area (Å²) in [5, 5.41) is 2.76. The molecule has 152 valence electrons. The number of ether oxygens (including phenoxy) is 2. The second kappa shape index (κ2) is 7.02. The fourth-order valence-electron chi connectivity index (χ4n) is 4.76. The largest absolute Gasteiger partial charge is 0.466 e. The van der Waals surface area contributed by atoms with E-state index >= 15 is 4.39 Å². The third-order valence-corrected chi connectivity index (χ3v) is 5.70. The zero-order chi connectivity index (χ0) is 20.8. The standard InChI is InChI=1S/C21H21FN2O5/c1-3-28-18(25)15-16(19(26)29-4-2)24-11-7-9-13(22)17(24)21(15)12-8-5-6-10-14(12)23-20(21)27/h5-11,15-17H,3-4H2,1-2H3,(H,23,27)/t15-,16-,17+,21-/m1/s1. The summed E-state index contributed by atoms with van der Waals surface area (Å²) in [4.78, 5) is 40.8. The second-order valence-corrected chi connectivity index (χ2v) is 7.04. The van der Waals surface area contributed by atoms with Gasteiger partial charge >= 0.3 is 11.9 Å². The Morgan fingerprint density at radius 3 is 2.59 bits per heavy atom. The predicted octanol–water partition coefficient (Wildman–Crippen LogP) is 2.05. The van der Waals surface area contributed by atoms with Crippen LogP contribution in [0.1, 0.15) is 19.4 Å². The van der Waals surface area contributed by atoms with E-state index in [1.165, 1.54) is 23.3 Å². The van der Waals surface area contributed by atoms with Gasteiger partial charge in [-0.25, -0.2) is 9.18 Å². The molecule has 0 saturated carbocycles. The summed E-state index contributed by atoms with van der Waals surface area (Å²) in [6.07, 6.45) is 4.20. The maximum atomic E-state index is 15.2. The zero-order valence-electron chi connectivity index (χ0n) is 16.1. The van der Waals surface area contributed by atoms with Crippen LogP contribution in [0.15, 0.2) is 48.4 Å². The van der Waals surface area contributed by atoms with Gasteiger partial charge in [0, 0.05) is 11.9 Å². The molecule has 29 heavy (non-hydrogen) atoms. The molecule has 3 aliphatic heterocycles. The molecule has 8 heteroatoms. The fraction of sp³-hybridized carbons (Fsp3) is 0.381. The summed E-state index contributed by atoms with van der Waals surface area (Å²) in [6.45, 7) is 3.42. The molecule has 0 unspecified atom stereocenters. The molecule has 0 radical (unpaired) electrons. The van der Waals surface area contributed by atoms with E-state index in [0.717, 1.165) is 0 Å². The molecule has 4 rings (SSSR count). The Hall–Kier alpha value is -3.16. The van der Waals surface area contributed by atoms with Gasteiger partial charge < -0.3 is 19.7 Å². The molecule has 1 aromatic rings. The van der Waals surface area contributed by atoms with Crippen LogP contribution in [-0.4, -0.2) is 48.0 Å². The first-order chi connectivity index (χ1) is 14.0. The monoisotopic (exact) mass is 400 g/mol. The van der Waals surface area contributed by atoms with E-state index in [4.69, 9.17) is 9.47 Å². The lowest BCUT2D eigenvalue weighted by atomic mass is 9.66. The van der Waals surface area contributed by atoms with Gasteiger partial charge in [0.05, 0.1) is 13.2 Å². The van der Waals surface area contributed by atoms with Gasteiger partial charge in [-0.15, -0.1) is 0 Å². The summed E-state index contributed by atoms with van der Waals surface area (Å²) in [6, 6.07) is 4.45. The highest BCUT2D eigenvalue weighted by atomic mass is 19.1. The van der Waals surface area contributed by atoms with Crippen molar-refractivity contribution in [1.82, 2.24) is 4.90 Å². The summed E-state index contributed by atoms with van der Waals surface area (Å²) in [5.41, 5.74) is -0.715. The van der Waals surface area contributed by atoms with Gasteiger partial charge in [-0.3, -0.25) is 9.59 Å².